The minimum absolute atomic E-state index is 0. The number of nitrogens with one attached hydrogen (secondary N) is 1. The molecule has 2 aliphatic rings. The molecule has 2 aliphatic heterocycles. The zero-order valence-corrected chi connectivity index (χ0v) is 28.1. The van der Waals surface area contributed by atoms with Crippen LogP contribution in [0.15, 0.2) is 30.3 Å². The molecule has 0 radical (unpaired) electrons. The van der Waals surface area contributed by atoms with E-state index < -0.39 is 5.97 Å². The lowest BCUT2D eigenvalue weighted by Gasteiger charge is -2.34. The van der Waals surface area contributed by atoms with Crippen LogP contribution in [0.5, 0.6) is 5.75 Å². The molecule has 9 nitrogen and oxygen atoms in total. The van der Waals surface area contributed by atoms with Gasteiger partial charge in [-0.15, -0.1) is 17.0 Å². The van der Waals surface area contributed by atoms with Crippen LogP contribution in [0.25, 0.3) is 0 Å². The third-order valence-corrected chi connectivity index (χ3v) is 8.22. The Morgan fingerprint density at radius 1 is 1.00 bits per heavy atom. The van der Waals surface area contributed by atoms with Crippen LogP contribution < -0.4 is 4.74 Å². The SMILES string of the molecule is Br.CCOc1cc2c(cc1C(CC)OC)C(=N)N(CC(=O)c1cc(CN3CCN(CC(=O)O)CC3)cc(C(C)(C)C)c1)C2. The molecule has 1 atom stereocenters. The van der Waals surface area contributed by atoms with Gasteiger partial charge in [0.05, 0.1) is 25.8 Å². The van der Waals surface area contributed by atoms with Crippen molar-refractivity contribution in [3.8, 4) is 5.75 Å². The van der Waals surface area contributed by atoms with Gasteiger partial charge in [0.1, 0.15) is 11.6 Å². The quantitative estimate of drug-likeness (QED) is 0.297. The van der Waals surface area contributed by atoms with E-state index in [1.54, 1.807) is 7.11 Å². The molecule has 0 spiro atoms. The average Bonchev–Trinajstić information content (AvgIpc) is 3.23. The Kier molecular flexibility index (Phi) is 11.9. The molecule has 1 unspecified atom stereocenters. The number of fused-ring (bicyclic) bond motifs is 1. The number of carboxylic acids is 1. The summed E-state index contributed by atoms with van der Waals surface area (Å²) in [4.78, 5) is 30.9. The van der Waals surface area contributed by atoms with Crippen molar-refractivity contribution in [2.75, 3.05) is 53.0 Å². The van der Waals surface area contributed by atoms with E-state index in [-0.39, 0.29) is 47.4 Å². The maximum absolute atomic E-state index is 13.7. The van der Waals surface area contributed by atoms with Crippen molar-refractivity contribution in [1.29, 1.82) is 5.41 Å². The van der Waals surface area contributed by atoms with Gasteiger partial charge in [-0.2, -0.15) is 0 Å². The van der Waals surface area contributed by atoms with E-state index in [1.807, 2.05) is 41.0 Å². The van der Waals surface area contributed by atoms with Crippen LogP contribution in [-0.2, 0) is 28.0 Å². The molecule has 0 aliphatic carbocycles. The van der Waals surface area contributed by atoms with Gasteiger partial charge in [-0.3, -0.25) is 24.8 Å². The van der Waals surface area contributed by atoms with Gasteiger partial charge >= 0.3 is 5.97 Å². The van der Waals surface area contributed by atoms with Gasteiger partial charge in [0.15, 0.2) is 5.78 Å². The molecular formula is C33H47BrN4O5. The number of Topliss-reactive ketones (excluding diaryl/α,β-unsaturated/α-hetero) is 1. The van der Waals surface area contributed by atoms with E-state index in [9.17, 15) is 9.59 Å². The van der Waals surface area contributed by atoms with E-state index in [0.29, 0.717) is 44.2 Å². The number of amidine groups is 1. The number of carbonyl (C=O) groups excluding carboxylic acids is 1. The van der Waals surface area contributed by atoms with Crippen LogP contribution in [0.1, 0.15) is 85.3 Å². The predicted molar refractivity (Wildman–Crippen MR) is 174 cm³/mol. The first-order valence-electron chi connectivity index (χ1n) is 14.9. The highest BCUT2D eigenvalue weighted by atomic mass is 79.9. The van der Waals surface area contributed by atoms with Crippen molar-refractivity contribution >= 4 is 34.6 Å². The van der Waals surface area contributed by atoms with Crippen molar-refractivity contribution < 1.29 is 24.2 Å². The van der Waals surface area contributed by atoms with Gasteiger partial charge in [0, 0.05) is 63.1 Å². The maximum Gasteiger partial charge on any atom is 0.317 e. The molecule has 0 amide bonds. The number of nitrogens with zero attached hydrogens (tertiary/aromatic N) is 3. The standard InChI is InChI=1S/C33H46N4O5.BrH/c1-7-29(41-6)27-17-26-24(16-30(27)42-8-2)19-37(32(26)34)20-28(38)23-13-22(14-25(15-23)33(3,4)5)18-35-9-11-36(12-10-35)21-31(39)40;/h13-17,29,34H,7-12,18-21H2,1-6H3,(H,39,40);1H. The maximum atomic E-state index is 13.7. The zero-order chi connectivity index (χ0) is 30.6. The lowest BCUT2D eigenvalue weighted by molar-refractivity contribution is -0.138. The number of aliphatic carboxylic acids is 1. The number of carboxylic acid groups (broad SMARTS) is 1. The average molecular weight is 660 g/mol. The predicted octanol–water partition coefficient (Wildman–Crippen LogP) is 5.28. The van der Waals surface area contributed by atoms with Crippen LogP contribution in [0.4, 0.5) is 0 Å². The van der Waals surface area contributed by atoms with Gasteiger partial charge < -0.3 is 19.5 Å². The van der Waals surface area contributed by atoms with Gasteiger partial charge in [-0.25, -0.2) is 0 Å². The van der Waals surface area contributed by atoms with E-state index in [4.69, 9.17) is 20.0 Å². The molecule has 0 aromatic heterocycles. The topological polar surface area (TPSA) is 106 Å². The van der Waals surface area contributed by atoms with Crippen LogP contribution in [0, 0.1) is 5.41 Å². The first kappa shape index (κ1) is 34.7. The Bertz CT molecular complexity index is 1310. The molecule has 1 saturated heterocycles. The third kappa shape index (κ3) is 8.44. The molecule has 0 bridgehead atoms. The Balaban J connectivity index is 0.00000506. The zero-order valence-electron chi connectivity index (χ0n) is 26.4. The minimum atomic E-state index is -0.797. The summed E-state index contributed by atoms with van der Waals surface area (Å²) in [5.74, 6) is 0.311. The molecular weight excluding hydrogens is 612 g/mol. The normalized spacial score (nSPS) is 16.5. The number of rotatable bonds is 12. The highest BCUT2D eigenvalue weighted by Crippen LogP contribution is 2.36. The number of piperazine rings is 1. The molecule has 236 valence electrons. The van der Waals surface area contributed by atoms with Gasteiger partial charge in [-0.1, -0.05) is 33.8 Å². The molecule has 2 N–H and O–H groups in total. The summed E-state index contributed by atoms with van der Waals surface area (Å²) in [6.07, 6.45) is 0.661. The minimum Gasteiger partial charge on any atom is -0.493 e. The number of halogens is 1. The van der Waals surface area contributed by atoms with Crippen LogP contribution in [0.2, 0.25) is 0 Å². The van der Waals surface area contributed by atoms with E-state index in [1.165, 1.54) is 0 Å². The first-order chi connectivity index (χ1) is 19.9. The van der Waals surface area contributed by atoms with Gasteiger partial charge in [-0.05, 0) is 59.7 Å². The summed E-state index contributed by atoms with van der Waals surface area (Å²) >= 11 is 0. The second kappa shape index (κ2) is 14.8. The Morgan fingerprint density at radius 2 is 1.67 bits per heavy atom. The molecule has 0 saturated carbocycles. The Labute approximate surface area is 266 Å². The second-order valence-electron chi connectivity index (χ2n) is 12.4. The Morgan fingerprint density at radius 3 is 2.26 bits per heavy atom. The highest BCUT2D eigenvalue weighted by molar-refractivity contribution is 8.93. The number of ketones is 1. The number of benzene rings is 2. The number of hydrogen-bond acceptors (Lipinski definition) is 7. The lowest BCUT2D eigenvalue weighted by atomic mass is 9.84. The fourth-order valence-corrected chi connectivity index (χ4v) is 5.82. The third-order valence-electron chi connectivity index (χ3n) is 8.22. The summed E-state index contributed by atoms with van der Waals surface area (Å²) in [6, 6.07) is 10.2. The van der Waals surface area contributed by atoms with Crippen LogP contribution >= 0.6 is 17.0 Å². The summed E-state index contributed by atoms with van der Waals surface area (Å²) < 4.78 is 11.6. The molecule has 10 heteroatoms. The fraction of sp³-hybridized carbons (Fsp3) is 0.545. The summed E-state index contributed by atoms with van der Waals surface area (Å²) in [5, 5.41) is 18.0. The van der Waals surface area contributed by atoms with Gasteiger partial charge in [0.25, 0.3) is 0 Å². The van der Waals surface area contributed by atoms with Gasteiger partial charge in [0.2, 0.25) is 0 Å². The van der Waals surface area contributed by atoms with Crippen molar-refractivity contribution in [1.82, 2.24) is 14.7 Å². The molecule has 2 heterocycles. The van der Waals surface area contributed by atoms with Crippen molar-refractivity contribution in [3.05, 3.63) is 63.7 Å². The number of methoxy groups -OCH3 is 1. The molecule has 1 fully saturated rings. The summed E-state index contributed by atoms with van der Waals surface area (Å²) in [5.41, 5.74) is 5.44. The fourth-order valence-electron chi connectivity index (χ4n) is 5.82. The van der Waals surface area contributed by atoms with E-state index in [2.05, 4.69) is 38.7 Å². The first-order valence-corrected chi connectivity index (χ1v) is 14.9. The smallest absolute Gasteiger partial charge is 0.317 e. The van der Waals surface area contributed by atoms with Crippen molar-refractivity contribution in [3.63, 3.8) is 0 Å². The number of carbonyl (C=O) groups is 2. The van der Waals surface area contributed by atoms with Crippen LogP contribution in [0.3, 0.4) is 0 Å². The number of ether oxygens (including phenoxy) is 2. The summed E-state index contributed by atoms with van der Waals surface area (Å²) in [7, 11) is 1.69. The molecule has 43 heavy (non-hydrogen) atoms. The largest absolute Gasteiger partial charge is 0.493 e. The van der Waals surface area contributed by atoms with E-state index in [0.717, 1.165) is 53.1 Å². The second-order valence-corrected chi connectivity index (χ2v) is 12.4. The highest BCUT2D eigenvalue weighted by Gasteiger charge is 2.30. The molecule has 4 rings (SSSR count). The lowest BCUT2D eigenvalue weighted by Crippen LogP contribution is -2.47. The molecule has 2 aromatic carbocycles. The Hall–Kier alpha value is -2.79. The van der Waals surface area contributed by atoms with Crippen LogP contribution in [-0.4, -0.2) is 90.4 Å². The molecule has 2 aromatic rings. The number of hydrogen-bond donors (Lipinski definition) is 2. The van der Waals surface area contributed by atoms with Crippen molar-refractivity contribution in [2.24, 2.45) is 0 Å². The van der Waals surface area contributed by atoms with E-state index >= 15 is 0 Å². The summed E-state index contributed by atoms with van der Waals surface area (Å²) in [6.45, 7) is 15.4. The monoisotopic (exact) mass is 658 g/mol. The van der Waals surface area contributed by atoms with Crippen molar-refractivity contribution in [2.45, 2.75) is 65.6 Å².